The van der Waals surface area contributed by atoms with Crippen molar-refractivity contribution in [2.45, 2.75) is 13.0 Å². The molecule has 0 bridgehead atoms. The minimum absolute atomic E-state index is 0.991. The molecule has 0 spiro atoms. The zero-order valence-electron chi connectivity index (χ0n) is 4.46. The summed E-state index contributed by atoms with van der Waals surface area (Å²) in [6.07, 6.45) is -1.09. The fourth-order valence-corrected chi connectivity index (χ4v) is 0.239. The van der Waals surface area contributed by atoms with Gasteiger partial charge in [0.25, 0.3) is 0 Å². The molecular weight excluding hydrogens is 104 g/mol. The molecule has 0 saturated carbocycles. The van der Waals surface area contributed by atoms with Gasteiger partial charge in [0, 0.05) is 0 Å². The van der Waals surface area contributed by atoms with Gasteiger partial charge in [-0.2, -0.15) is 10.5 Å². The van der Waals surface area contributed by atoms with E-state index in [4.69, 9.17) is 10.5 Å². The molecule has 0 N–H and O–H groups in total. The van der Waals surface area contributed by atoms with Gasteiger partial charge in [0.15, 0.2) is 5.92 Å². The van der Waals surface area contributed by atoms with E-state index in [0.717, 1.165) is 0 Å². The first-order valence-electron chi connectivity index (χ1n) is 2.17. The zero-order chi connectivity index (χ0) is 6.57. The third kappa shape index (κ3) is 1.59. The van der Waals surface area contributed by atoms with Crippen LogP contribution in [0.15, 0.2) is 0 Å². The monoisotopic (exact) mass is 109 g/mol. The summed E-state index contributed by atoms with van der Waals surface area (Å²) < 4.78 is 0. The van der Waals surface area contributed by atoms with Crippen molar-refractivity contribution in [3.63, 3.8) is 0 Å². The SMILES string of the molecule is CC([O])C(C#N)C#N. The fourth-order valence-electron chi connectivity index (χ4n) is 0.239. The van der Waals surface area contributed by atoms with Gasteiger partial charge >= 0.3 is 0 Å². The number of hydrogen-bond donors (Lipinski definition) is 0. The van der Waals surface area contributed by atoms with E-state index in [1.807, 2.05) is 0 Å². The third-order valence-electron chi connectivity index (χ3n) is 0.748. The van der Waals surface area contributed by atoms with Crippen LogP contribution in [-0.4, -0.2) is 6.10 Å². The van der Waals surface area contributed by atoms with Gasteiger partial charge in [-0.3, -0.25) is 0 Å². The fraction of sp³-hybridized carbons (Fsp3) is 0.600. The van der Waals surface area contributed by atoms with Gasteiger partial charge in [0.1, 0.15) is 6.10 Å². The Kier molecular flexibility index (Phi) is 2.61. The standard InChI is InChI=1S/C5H5N2O/c1-4(8)5(2-6)3-7/h4-5H,1H3. The lowest BCUT2D eigenvalue weighted by Crippen LogP contribution is -2.10. The second kappa shape index (κ2) is 3.01. The van der Waals surface area contributed by atoms with Crippen LogP contribution in [-0.2, 0) is 5.11 Å². The minimum Gasteiger partial charge on any atom is -0.231 e. The average Bonchev–Trinajstić information content (AvgIpc) is 1.69. The number of hydrogen-bond acceptors (Lipinski definition) is 2. The lowest BCUT2D eigenvalue weighted by molar-refractivity contribution is 0.0886. The predicted molar refractivity (Wildman–Crippen MR) is 24.9 cm³/mol. The molecule has 1 atom stereocenters. The Labute approximate surface area is 47.8 Å². The van der Waals surface area contributed by atoms with E-state index in [-0.39, 0.29) is 0 Å². The minimum atomic E-state index is -1.09. The lowest BCUT2D eigenvalue weighted by Gasteiger charge is -1.95. The maximum Gasteiger partial charge on any atom is 0.162 e. The topological polar surface area (TPSA) is 67.5 Å². The maximum absolute atomic E-state index is 10.2. The van der Waals surface area contributed by atoms with Crippen molar-refractivity contribution in [1.29, 1.82) is 10.5 Å². The third-order valence-corrected chi connectivity index (χ3v) is 0.748. The summed E-state index contributed by atoms with van der Waals surface area (Å²) in [5.41, 5.74) is 0. The molecule has 0 saturated heterocycles. The molecule has 0 heterocycles. The average molecular weight is 109 g/mol. The van der Waals surface area contributed by atoms with Gasteiger partial charge in [0.2, 0.25) is 0 Å². The summed E-state index contributed by atoms with van der Waals surface area (Å²) in [7, 11) is 0. The van der Waals surface area contributed by atoms with E-state index < -0.39 is 12.0 Å². The van der Waals surface area contributed by atoms with E-state index in [1.165, 1.54) is 6.92 Å². The van der Waals surface area contributed by atoms with E-state index >= 15 is 0 Å². The van der Waals surface area contributed by atoms with Crippen LogP contribution in [0, 0.1) is 28.6 Å². The number of nitrogens with zero attached hydrogens (tertiary/aromatic N) is 2. The molecule has 0 aliphatic carbocycles. The van der Waals surface area contributed by atoms with Crippen molar-refractivity contribution in [2.75, 3.05) is 0 Å². The second-order valence-electron chi connectivity index (χ2n) is 1.44. The van der Waals surface area contributed by atoms with Crippen LogP contribution < -0.4 is 0 Å². The molecular formula is C5H5N2O. The molecule has 1 radical (unpaired) electrons. The van der Waals surface area contributed by atoms with Gasteiger partial charge in [-0.1, -0.05) is 0 Å². The van der Waals surface area contributed by atoms with Crippen molar-refractivity contribution >= 4 is 0 Å². The zero-order valence-corrected chi connectivity index (χ0v) is 4.46. The molecule has 0 aromatic rings. The molecule has 0 fully saturated rings. The van der Waals surface area contributed by atoms with Crippen LogP contribution in [0.1, 0.15) is 6.92 Å². The Morgan fingerprint density at radius 2 is 1.75 bits per heavy atom. The molecule has 0 aliphatic rings. The van der Waals surface area contributed by atoms with Crippen molar-refractivity contribution in [1.82, 2.24) is 0 Å². The molecule has 1 unspecified atom stereocenters. The van der Waals surface area contributed by atoms with Gasteiger partial charge < -0.3 is 0 Å². The van der Waals surface area contributed by atoms with Crippen LogP contribution in [0.3, 0.4) is 0 Å². The predicted octanol–water partition coefficient (Wildman–Crippen LogP) is 0.469. The Bertz CT molecular complexity index is 125. The van der Waals surface area contributed by atoms with Gasteiger partial charge in [-0.25, -0.2) is 5.11 Å². The number of nitriles is 2. The molecule has 8 heavy (non-hydrogen) atoms. The summed E-state index contributed by atoms with van der Waals surface area (Å²) in [5.74, 6) is -0.991. The maximum atomic E-state index is 10.2. The Balaban J connectivity index is 3.81. The molecule has 0 aromatic carbocycles. The van der Waals surface area contributed by atoms with Crippen molar-refractivity contribution in [3.05, 3.63) is 0 Å². The van der Waals surface area contributed by atoms with E-state index in [1.54, 1.807) is 12.1 Å². The molecule has 41 valence electrons. The first-order chi connectivity index (χ1) is 3.72. The van der Waals surface area contributed by atoms with Gasteiger partial charge in [-0.05, 0) is 6.92 Å². The van der Waals surface area contributed by atoms with Gasteiger partial charge in [0.05, 0.1) is 12.1 Å². The van der Waals surface area contributed by atoms with Crippen molar-refractivity contribution in [3.8, 4) is 12.1 Å². The number of rotatable bonds is 1. The molecule has 3 nitrogen and oxygen atoms in total. The quantitative estimate of drug-likeness (QED) is 0.491. The highest BCUT2D eigenvalue weighted by Crippen LogP contribution is 1.98. The molecule has 0 rings (SSSR count). The Morgan fingerprint density at radius 3 is 1.75 bits per heavy atom. The van der Waals surface area contributed by atoms with Crippen molar-refractivity contribution in [2.24, 2.45) is 5.92 Å². The molecule has 0 aliphatic heterocycles. The van der Waals surface area contributed by atoms with Crippen LogP contribution in [0.25, 0.3) is 0 Å². The smallest absolute Gasteiger partial charge is 0.162 e. The first kappa shape index (κ1) is 6.94. The summed E-state index contributed by atoms with van der Waals surface area (Å²) >= 11 is 0. The Hall–Kier alpha value is -1.06. The second-order valence-corrected chi connectivity index (χ2v) is 1.44. The largest absolute Gasteiger partial charge is 0.231 e. The van der Waals surface area contributed by atoms with Crippen molar-refractivity contribution < 1.29 is 5.11 Å². The lowest BCUT2D eigenvalue weighted by atomic mass is 10.1. The highest BCUT2D eigenvalue weighted by molar-refractivity contribution is 5.01. The summed E-state index contributed by atoms with van der Waals surface area (Å²) in [4.78, 5) is 0. The van der Waals surface area contributed by atoms with Gasteiger partial charge in [-0.15, -0.1) is 0 Å². The summed E-state index contributed by atoms with van der Waals surface area (Å²) in [6, 6.07) is 3.16. The van der Waals surface area contributed by atoms with Crippen LogP contribution in [0.4, 0.5) is 0 Å². The van der Waals surface area contributed by atoms with E-state index in [2.05, 4.69) is 0 Å². The van der Waals surface area contributed by atoms with E-state index in [9.17, 15) is 5.11 Å². The van der Waals surface area contributed by atoms with E-state index in [0.29, 0.717) is 0 Å². The highest BCUT2D eigenvalue weighted by atomic mass is 16.3. The summed E-state index contributed by atoms with van der Waals surface area (Å²) in [5, 5.41) is 26.3. The molecule has 0 aromatic heterocycles. The van der Waals surface area contributed by atoms with Crippen LogP contribution in [0.5, 0.6) is 0 Å². The molecule has 0 amide bonds. The molecule has 3 heteroatoms. The summed E-state index contributed by atoms with van der Waals surface area (Å²) in [6.45, 7) is 1.30. The van der Waals surface area contributed by atoms with Crippen LogP contribution in [0.2, 0.25) is 0 Å². The van der Waals surface area contributed by atoms with Crippen LogP contribution >= 0.6 is 0 Å². The normalized spacial score (nSPS) is 12.1. The first-order valence-corrected chi connectivity index (χ1v) is 2.17. The highest BCUT2D eigenvalue weighted by Gasteiger charge is 2.12. The Morgan fingerprint density at radius 1 is 1.38 bits per heavy atom.